The SMILES string of the molecule is c1cc2ccc3cccc4c(-c5cc6cncc7ccc8cncc5c8c76)cc(c1)c2c34. The zero-order chi connectivity index (χ0) is 20.8. The molecule has 0 aliphatic heterocycles. The largest absolute Gasteiger partial charge is 0.263 e. The highest BCUT2D eigenvalue weighted by Crippen LogP contribution is 2.44. The van der Waals surface area contributed by atoms with Crippen molar-refractivity contribution in [1.82, 2.24) is 9.97 Å². The third-order valence-corrected chi connectivity index (χ3v) is 7.06. The van der Waals surface area contributed by atoms with Gasteiger partial charge in [-0.15, -0.1) is 0 Å². The first-order valence-corrected chi connectivity index (χ1v) is 10.9. The van der Waals surface area contributed by atoms with Crippen molar-refractivity contribution >= 4 is 64.6 Å². The van der Waals surface area contributed by atoms with Crippen molar-refractivity contribution in [3.63, 3.8) is 0 Å². The molecule has 6 aromatic carbocycles. The van der Waals surface area contributed by atoms with Gasteiger partial charge in [-0.3, -0.25) is 9.97 Å². The number of aromatic nitrogens is 2. The highest BCUT2D eigenvalue weighted by atomic mass is 14.6. The highest BCUT2D eigenvalue weighted by Gasteiger charge is 2.17. The molecule has 0 saturated heterocycles. The van der Waals surface area contributed by atoms with Gasteiger partial charge in [0.05, 0.1) is 0 Å². The summed E-state index contributed by atoms with van der Waals surface area (Å²) in [5.41, 5.74) is 2.47. The van der Waals surface area contributed by atoms with Gasteiger partial charge in [0.1, 0.15) is 0 Å². The van der Waals surface area contributed by atoms with Crippen LogP contribution >= 0.6 is 0 Å². The summed E-state index contributed by atoms with van der Waals surface area (Å²) >= 11 is 0. The Morgan fingerprint density at radius 2 is 0.906 bits per heavy atom. The minimum absolute atomic E-state index is 1.17. The first-order valence-electron chi connectivity index (χ1n) is 10.9. The fraction of sp³-hybridized carbons (Fsp3) is 0. The first-order chi connectivity index (χ1) is 15.9. The highest BCUT2D eigenvalue weighted by molar-refractivity contribution is 6.30. The van der Waals surface area contributed by atoms with E-state index in [1.165, 1.54) is 75.8 Å². The van der Waals surface area contributed by atoms with E-state index in [1.54, 1.807) is 0 Å². The second kappa shape index (κ2) is 5.68. The van der Waals surface area contributed by atoms with Crippen molar-refractivity contribution in [2.45, 2.75) is 0 Å². The Labute approximate surface area is 183 Å². The summed E-state index contributed by atoms with van der Waals surface area (Å²) in [5, 5.41) is 15.1. The summed E-state index contributed by atoms with van der Waals surface area (Å²) in [6.45, 7) is 0. The van der Waals surface area contributed by atoms with Crippen LogP contribution in [0.4, 0.5) is 0 Å². The third kappa shape index (κ3) is 1.95. The fourth-order valence-electron chi connectivity index (χ4n) is 5.72. The van der Waals surface area contributed by atoms with Crippen LogP contribution in [-0.2, 0) is 0 Å². The van der Waals surface area contributed by atoms with Crippen molar-refractivity contribution in [2.75, 3.05) is 0 Å². The second-order valence-electron chi connectivity index (χ2n) is 8.71. The molecule has 0 spiro atoms. The van der Waals surface area contributed by atoms with Gasteiger partial charge in [-0.05, 0) is 55.6 Å². The molecule has 0 radical (unpaired) electrons. The van der Waals surface area contributed by atoms with Crippen molar-refractivity contribution in [2.24, 2.45) is 0 Å². The summed E-state index contributed by atoms with van der Waals surface area (Å²) in [4.78, 5) is 9.14. The molecule has 2 nitrogen and oxygen atoms in total. The van der Waals surface area contributed by atoms with Crippen LogP contribution in [0.15, 0.2) is 97.6 Å². The van der Waals surface area contributed by atoms with Crippen molar-refractivity contribution in [3.8, 4) is 11.1 Å². The predicted molar refractivity (Wildman–Crippen MR) is 135 cm³/mol. The minimum Gasteiger partial charge on any atom is -0.263 e. The molecule has 0 fully saturated rings. The van der Waals surface area contributed by atoms with Gasteiger partial charge < -0.3 is 0 Å². The van der Waals surface area contributed by atoms with Crippen molar-refractivity contribution in [3.05, 3.63) is 97.6 Å². The van der Waals surface area contributed by atoms with Crippen LogP contribution in [0.5, 0.6) is 0 Å². The van der Waals surface area contributed by atoms with Crippen LogP contribution in [0.1, 0.15) is 0 Å². The Hall–Kier alpha value is -4.30. The van der Waals surface area contributed by atoms with Crippen LogP contribution < -0.4 is 0 Å². The Bertz CT molecular complexity index is 1840. The molecule has 0 saturated carbocycles. The number of nitrogens with zero attached hydrogens (tertiary/aromatic N) is 2. The number of rotatable bonds is 1. The standard InChI is InChI=1S/C30H16N2/c1-3-17-7-8-18-4-2-6-23-24(11-19(5-1)27(17)29(18)23)25-12-22-15-31-13-20-9-10-21-14-32-16-26(25)30(21)28(20)22/h1-16H. The molecule has 0 amide bonds. The average Bonchev–Trinajstić information content (AvgIpc) is 2.85. The van der Waals surface area contributed by atoms with Crippen LogP contribution in [0.2, 0.25) is 0 Å². The Morgan fingerprint density at radius 1 is 0.375 bits per heavy atom. The molecule has 2 heterocycles. The normalized spacial score (nSPS) is 12.4. The maximum Gasteiger partial charge on any atom is 0.0353 e. The third-order valence-electron chi connectivity index (χ3n) is 7.06. The summed E-state index contributed by atoms with van der Waals surface area (Å²) in [5.74, 6) is 0. The van der Waals surface area contributed by atoms with Crippen LogP contribution in [-0.4, -0.2) is 9.97 Å². The van der Waals surface area contributed by atoms with Gasteiger partial charge in [0, 0.05) is 57.1 Å². The van der Waals surface area contributed by atoms with Gasteiger partial charge in [0.15, 0.2) is 0 Å². The van der Waals surface area contributed by atoms with Crippen LogP contribution in [0, 0.1) is 0 Å². The molecule has 2 aromatic heterocycles. The van der Waals surface area contributed by atoms with Gasteiger partial charge in [0.2, 0.25) is 0 Å². The quantitative estimate of drug-likeness (QED) is 0.260. The van der Waals surface area contributed by atoms with Crippen molar-refractivity contribution in [1.29, 1.82) is 0 Å². The van der Waals surface area contributed by atoms with E-state index in [9.17, 15) is 0 Å². The Balaban J connectivity index is 1.64. The molecule has 0 bridgehead atoms. The first kappa shape index (κ1) is 16.4. The van der Waals surface area contributed by atoms with E-state index < -0.39 is 0 Å². The maximum absolute atomic E-state index is 4.61. The smallest absolute Gasteiger partial charge is 0.0353 e. The summed E-state index contributed by atoms with van der Waals surface area (Å²) in [6.07, 6.45) is 7.94. The summed E-state index contributed by atoms with van der Waals surface area (Å²) in [6, 6.07) is 26.7. The molecule has 0 N–H and O–H groups in total. The zero-order valence-corrected chi connectivity index (χ0v) is 17.1. The number of hydrogen-bond acceptors (Lipinski definition) is 2. The summed E-state index contributed by atoms with van der Waals surface area (Å²) in [7, 11) is 0. The Morgan fingerprint density at radius 3 is 1.78 bits per heavy atom. The summed E-state index contributed by atoms with van der Waals surface area (Å²) < 4.78 is 0. The maximum atomic E-state index is 4.61. The van der Waals surface area contributed by atoms with Gasteiger partial charge >= 0.3 is 0 Å². The molecule has 8 aromatic rings. The number of hydrogen-bond donors (Lipinski definition) is 0. The lowest BCUT2D eigenvalue weighted by Gasteiger charge is -2.18. The molecule has 8 rings (SSSR count). The molecular weight excluding hydrogens is 388 g/mol. The molecule has 146 valence electrons. The van der Waals surface area contributed by atoms with E-state index in [0.717, 1.165) is 0 Å². The molecule has 0 aliphatic carbocycles. The topological polar surface area (TPSA) is 25.8 Å². The van der Waals surface area contributed by atoms with Gasteiger partial charge in [-0.2, -0.15) is 0 Å². The van der Waals surface area contributed by atoms with Gasteiger partial charge in [-0.25, -0.2) is 0 Å². The molecular formula is C30H16N2. The average molecular weight is 404 g/mol. The van der Waals surface area contributed by atoms with Gasteiger partial charge in [-0.1, -0.05) is 60.7 Å². The molecule has 2 heteroatoms. The monoisotopic (exact) mass is 404 g/mol. The second-order valence-corrected chi connectivity index (χ2v) is 8.71. The van der Waals surface area contributed by atoms with E-state index in [4.69, 9.17) is 0 Å². The van der Waals surface area contributed by atoms with E-state index in [2.05, 4.69) is 82.8 Å². The van der Waals surface area contributed by atoms with E-state index in [1.807, 2.05) is 24.8 Å². The predicted octanol–water partition coefficient (Wildman–Crippen LogP) is 7.94. The van der Waals surface area contributed by atoms with E-state index >= 15 is 0 Å². The zero-order valence-electron chi connectivity index (χ0n) is 17.1. The van der Waals surface area contributed by atoms with E-state index in [-0.39, 0.29) is 0 Å². The molecule has 0 aliphatic rings. The van der Waals surface area contributed by atoms with E-state index in [0.29, 0.717) is 0 Å². The minimum atomic E-state index is 1.17. The molecule has 0 unspecified atom stereocenters. The number of benzene rings is 6. The van der Waals surface area contributed by atoms with Gasteiger partial charge in [0.25, 0.3) is 0 Å². The lowest BCUT2D eigenvalue weighted by atomic mass is 9.86. The molecule has 0 atom stereocenters. The van der Waals surface area contributed by atoms with Crippen molar-refractivity contribution < 1.29 is 0 Å². The Kier molecular flexibility index (Phi) is 2.91. The number of pyridine rings is 2. The fourth-order valence-corrected chi connectivity index (χ4v) is 5.72. The lowest BCUT2D eigenvalue weighted by Crippen LogP contribution is -1.92. The molecule has 32 heavy (non-hydrogen) atoms. The van der Waals surface area contributed by atoms with Crippen LogP contribution in [0.3, 0.4) is 0 Å². The van der Waals surface area contributed by atoms with Crippen LogP contribution in [0.25, 0.3) is 75.8 Å². The lowest BCUT2D eigenvalue weighted by molar-refractivity contribution is 1.37.